The Morgan fingerprint density at radius 1 is 1.38 bits per heavy atom. The van der Waals surface area contributed by atoms with Crippen LogP contribution in [0.5, 0.6) is 0 Å². The molecule has 0 aromatic carbocycles. The molecule has 2 N–H and O–H groups in total. The molecule has 0 saturated heterocycles. The van der Waals surface area contributed by atoms with Gasteiger partial charge in [0.25, 0.3) is 0 Å². The van der Waals surface area contributed by atoms with Crippen molar-refractivity contribution in [3.8, 4) is 0 Å². The zero-order valence-corrected chi connectivity index (χ0v) is 13.0. The number of nitrogens with one attached hydrogen (secondary N) is 1. The second kappa shape index (κ2) is 7.61. The van der Waals surface area contributed by atoms with Gasteiger partial charge in [0, 0.05) is 19.3 Å². The van der Waals surface area contributed by atoms with E-state index in [0.29, 0.717) is 18.1 Å². The SMILES string of the molecule is CCCNC(=O)CN(C)c1cc(C(=O)O)cc(C(C)C)n1. The number of hydrogen-bond acceptors (Lipinski definition) is 4. The lowest BCUT2D eigenvalue weighted by atomic mass is 10.1. The van der Waals surface area contributed by atoms with Gasteiger partial charge in [0.2, 0.25) is 5.91 Å². The number of aromatic nitrogens is 1. The highest BCUT2D eigenvalue weighted by Gasteiger charge is 2.14. The van der Waals surface area contributed by atoms with E-state index >= 15 is 0 Å². The van der Waals surface area contributed by atoms with Crippen LogP contribution < -0.4 is 10.2 Å². The predicted octanol–water partition coefficient (Wildman–Crippen LogP) is 1.87. The molecular weight excluding hydrogens is 270 g/mol. The standard InChI is InChI=1S/C15H23N3O3/c1-5-6-16-14(19)9-18(4)13-8-11(15(20)21)7-12(17-13)10(2)3/h7-8,10H,5-6,9H2,1-4H3,(H,16,19)(H,20,21). The van der Waals surface area contributed by atoms with Crippen molar-refractivity contribution in [2.75, 3.05) is 25.0 Å². The van der Waals surface area contributed by atoms with Gasteiger partial charge in [0.05, 0.1) is 12.1 Å². The lowest BCUT2D eigenvalue weighted by molar-refractivity contribution is -0.119. The number of rotatable bonds is 7. The maximum atomic E-state index is 11.7. The summed E-state index contributed by atoms with van der Waals surface area (Å²) >= 11 is 0. The quantitative estimate of drug-likeness (QED) is 0.802. The molecule has 0 spiro atoms. The van der Waals surface area contributed by atoms with E-state index in [-0.39, 0.29) is 23.9 Å². The van der Waals surface area contributed by atoms with Crippen LogP contribution in [0.2, 0.25) is 0 Å². The van der Waals surface area contributed by atoms with Crippen LogP contribution in [-0.4, -0.2) is 42.1 Å². The molecule has 21 heavy (non-hydrogen) atoms. The van der Waals surface area contributed by atoms with E-state index in [4.69, 9.17) is 5.11 Å². The zero-order chi connectivity index (χ0) is 16.0. The molecule has 1 aromatic rings. The summed E-state index contributed by atoms with van der Waals surface area (Å²) in [6.45, 7) is 6.66. The minimum atomic E-state index is -0.996. The molecule has 0 fully saturated rings. The van der Waals surface area contributed by atoms with Crippen LogP contribution in [0.3, 0.4) is 0 Å². The molecule has 1 aromatic heterocycles. The first kappa shape index (κ1) is 16.9. The topological polar surface area (TPSA) is 82.5 Å². The van der Waals surface area contributed by atoms with E-state index in [1.54, 1.807) is 18.0 Å². The van der Waals surface area contributed by atoms with Crippen molar-refractivity contribution < 1.29 is 14.7 Å². The Bertz CT molecular complexity index is 515. The second-order valence-electron chi connectivity index (χ2n) is 5.30. The summed E-state index contributed by atoms with van der Waals surface area (Å²) in [4.78, 5) is 29.0. The normalized spacial score (nSPS) is 10.5. The Morgan fingerprint density at radius 2 is 2.05 bits per heavy atom. The molecule has 6 nitrogen and oxygen atoms in total. The summed E-state index contributed by atoms with van der Waals surface area (Å²) < 4.78 is 0. The summed E-state index contributed by atoms with van der Waals surface area (Å²) in [7, 11) is 1.73. The minimum absolute atomic E-state index is 0.104. The first-order valence-electron chi connectivity index (χ1n) is 7.08. The average molecular weight is 293 g/mol. The van der Waals surface area contributed by atoms with Crippen molar-refractivity contribution in [2.45, 2.75) is 33.1 Å². The number of carboxylic acid groups (broad SMARTS) is 1. The van der Waals surface area contributed by atoms with Crippen LogP contribution in [0.1, 0.15) is 49.2 Å². The number of hydrogen-bond donors (Lipinski definition) is 2. The molecule has 6 heteroatoms. The van der Waals surface area contributed by atoms with Crippen LogP contribution in [0.25, 0.3) is 0 Å². The van der Waals surface area contributed by atoms with Gasteiger partial charge >= 0.3 is 5.97 Å². The van der Waals surface area contributed by atoms with Crippen molar-refractivity contribution in [3.05, 3.63) is 23.4 Å². The van der Waals surface area contributed by atoms with Gasteiger partial charge in [0.1, 0.15) is 5.82 Å². The highest BCUT2D eigenvalue weighted by Crippen LogP contribution is 2.19. The van der Waals surface area contributed by atoms with Gasteiger partial charge in [-0.15, -0.1) is 0 Å². The Morgan fingerprint density at radius 3 is 2.57 bits per heavy atom. The predicted molar refractivity (Wildman–Crippen MR) is 81.9 cm³/mol. The van der Waals surface area contributed by atoms with E-state index in [0.717, 1.165) is 6.42 Å². The summed E-state index contributed by atoms with van der Waals surface area (Å²) in [5, 5.41) is 12.0. The zero-order valence-electron chi connectivity index (χ0n) is 13.0. The van der Waals surface area contributed by atoms with Crippen LogP contribution in [0.15, 0.2) is 12.1 Å². The number of anilines is 1. The van der Waals surface area contributed by atoms with Gasteiger partial charge in [-0.3, -0.25) is 4.79 Å². The van der Waals surface area contributed by atoms with Crippen molar-refractivity contribution in [3.63, 3.8) is 0 Å². The number of aromatic carboxylic acids is 1. The molecule has 0 aliphatic rings. The molecule has 0 unspecified atom stereocenters. The van der Waals surface area contributed by atoms with Gasteiger partial charge in [-0.25, -0.2) is 9.78 Å². The first-order chi connectivity index (χ1) is 9.85. The van der Waals surface area contributed by atoms with Gasteiger partial charge in [-0.05, 0) is 24.5 Å². The molecular formula is C15H23N3O3. The molecule has 0 bridgehead atoms. The number of amides is 1. The molecule has 0 saturated carbocycles. The molecule has 1 rings (SSSR count). The first-order valence-corrected chi connectivity index (χ1v) is 7.08. The Labute approximate surface area is 125 Å². The van der Waals surface area contributed by atoms with Crippen molar-refractivity contribution in [1.29, 1.82) is 0 Å². The second-order valence-corrected chi connectivity index (χ2v) is 5.30. The van der Waals surface area contributed by atoms with Gasteiger partial charge in [0.15, 0.2) is 0 Å². The Balaban J connectivity index is 2.94. The smallest absolute Gasteiger partial charge is 0.335 e. The lowest BCUT2D eigenvalue weighted by Gasteiger charge is -2.19. The number of carbonyl (C=O) groups excluding carboxylic acids is 1. The Hall–Kier alpha value is -2.11. The highest BCUT2D eigenvalue weighted by molar-refractivity contribution is 5.89. The fourth-order valence-electron chi connectivity index (χ4n) is 1.77. The molecule has 116 valence electrons. The highest BCUT2D eigenvalue weighted by atomic mass is 16.4. The molecule has 1 amide bonds. The van der Waals surface area contributed by atoms with Crippen molar-refractivity contribution >= 4 is 17.7 Å². The third-order valence-corrected chi connectivity index (χ3v) is 3.01. The fraction of sp³-hybridized carbons (Fsp3) is 0.533. The largest absolute Gasteiger partial charge is 0.478 e. The van der Waals surface area contributed by atoms with Crippen molar-refractivity contribution in [2.24, 2.45) is 0 Å². The maximum Gasteiger partial charge on any atom is 0.335 e. The molecule has 0 atom stereocenters. The Kier molecular flexibility index (Phi) is 6.14. The number of pyridine rings is 1. The summed E-state index contributed by atoms with van der Waals surface area (Å²) in [5.74, 6) is -0.493. The lowest BCUT2D eigenvalue weighted by Crippen LogP contribution is -2.36. The summed E-state index contributed by atoms with van der Waals surface area (Å²) in [6, 6.07) is 3.06. The third kappa shape index (κ3) is 5.06. The van der Waals surface area contributed by atoms with E-state index in [2.05, 4.69) is 10.3 Å². The molecule has 0 aliphatic carbocycles. The fourth-order valence-corrected chi connectivity index (χ4v) is 1.77. The minimum Gasteiger partial charge on any atom is -0.478 e. The van der Waals surface area contributed by atoms with E-state index in [1.807, 2.05) is 20.8 Å². The maximum absolute atomic E-state index is 11.7. The monoisotopic (exact) mass is 293 g/mol. The number of carbonyl (C=O) groups is 2. The third-order valence-electron chi connectivity index (χ3n) is 3.01. The van der Waals surface area contributed by atoms with E-state index in [1.165, 1.54) is 6.07 Å². The molecule has 0 radical (unpaired) electrons. The summed E-state index contributed by atoms with van der Waals surface area (Å²) in [5.41, 5.74) is 0.884. The van der Waals surface area contributed by atoms with E-state index < -0.39 is 5.97 Å². The van der Waals surface area contributed by atoms with Crippen LogP contribution in [0, 0.1) is 0 Å². The van der Waals surface area contributed by atoms with Gasteiger partial charge < -0.3 is 15.3 Å². The van der Waals surface area contributed by atoms with E-state index in [9.17, 15) is 9.59 Å². The number of likely N-dealkylation sites (N-methyl/N-ethyl adjacent to an activating group) is 1. The van der Waals surface area contributed by atoms with Gasteiger partial charge in [-0.2, -0.15) is 0 Å². The summed E-state index contributed by atoms with van der Waals surface area (Å²) in [6.07, 6.45) is 0.875. The van der Waals surface area contributed by atoms with Crippen LogP contribution >= 0.6 is 0 Å². The number of nitrogens with zero attached hydrogens (tertiary/aromatic N) is 2. The molecule has 0 aliphatic heterocycles. The van der Waals surface area contributed by atoms with Gasteiger partial charge in [-0.1, -0.05) is 20.8 Å². The number of carboxylic acids is 1. The average Bonchev–Trinajstić information content (AvgIpc) is 2.44. The van der Waals surface area contributed by atoms with Crippen LogP contribution in [-0.2, 0) is 4.79 Å². The molecule has 1 heterocycles. The van der Waals surface area contributed by atoms with Crippen LogP contribution in [0.4, 0.5) is 5.82 Å². The van der Waals surface area contributed by atoms with Crippen molar-refractivity contribution in [1.82, 2.24) is 10.3 Å².